The van der Waals surface area contributed by atoms with Gasteiger partial charge in [-0.1, -0.05) is 24.3 Å². The van der Waals surface area contributed by atoms with E-state index >= 15 is 0 Å². The summed E-state index contributed by atoms with van der Waals surface area (Å²) in [5.74, 6) is 0.288. The van der Waals surface area contributed by atoms with E-state index in [0.717, 1.165) is 36.1 Å². The largest absolute Gasteiger partial charge is 0.364 e. The topological polar surface area (TPSA) is 49.9 Å². The summed E-state index contributed by atoms with van der Waals surface area (Å²) in [6.45, 7) is 3.13. The van der Waals surface area contributed by atoms with E-state index in [4.69, 9.17) is 0 Å². The van der Waals surface area contributed by atoms with Crippen LogP contribution in [0.5, 0.6) is 0 Å². The van der Waals surface area contributed by atoms with E-state index in [-0.39, 0.29) is 5.92 Å². The molecule has 1 aliphatic carbocycles. The Bertz CT molecular complexity index is 831. The highest BCUT2D eigenvalue weighted by molar-refractivity contribution is 7.90. The van der Waals surface area contributed by atoms with Gasteiger partial charge in [-0.2, -0.15) is 0 Å². The van der Waals surface area contributed by atoms with Crippen LogP contribution < -0.4 is 0 Å². The van der Waals surface area contributed by atoms with Gasteiger partial charge in [0.05, 0.1) is 4.90 Å². The first-order valence-electron chi connectivity index (χ1n) is 7.85. The number of halogens is 1. The van der Waals surface area contributed by atoms with Crippen LogP contribution in [-0.4, -0.2) is 19.7 Å². The molecule has 0 fully saturated rings. The minimum Gasteiger partial charge on any atom is -0.364 e. The molecule has 5 heteroatoms. The molecule has 0 aliphatic heterocycles. The molecule has 1 heterocycles. The summed E-state index contributed by atoms with van der Waals surface area (Å²) in [5.41, 5.74) is 2.36. The van der Waals surface area contributed by atoms with E-state index in [1.54, 1.807) is 20.0 Å². The predicted octanol–water partition coefficient (Wildman–Crippen LogP) is 3.90. The Morgan fingerprint density at radius 1 is 1.30 bits per heavy atom. The number of aromatic amines is 1. The van der Waals surface area contributed by atoms with E-state index in [2.05, 4.69) is 4.98 Å². The van der Waals surface area contributed by atoms with Crippen molar-refractivity contribution in [2.75, 3.05) is 6.26 Å². The van der Waals surface area contributed by atoms with Crippen LogP contribution in [0.3, 0.4) is 0 Å². The molecule has 124 valence electrons. The zero-order chi connectivity index (χ0) is 16.8. The minimum atomic E-state index is -3.19. The normalized spacial score (nSPS) is 18.7. The molecular weight excluding hydrogens is 313 g/mol. The summed E-state index contributed by atoms with van der Waals surface area (Å²) in [6.07, 6.45) is 5.22. The highest BCUT2D eigenvalue weighted by Crippen LogP contribution is 2.36. The van der Waals surface area contributed by atoms with Crippen LogP contribution in [0.1, 0.15) is 48.6 Å². The molecule has 3 rings (SSSR count). The summed E-state index contributed by atoms with van der Waals surface area (Å²) in [5, 5.41) is 0. The van der Waals surface area contributed by atoms with E-state index < -0.39 is 15.5 Å². The summed E-state index contributed by atoms with van der Waals surface area (Å²) in [4.78, 5) is 3.55. The van der Waals surface area contributed by atoms with Crippen LogP contribution in [0, 0.1) is 0 Å². The van der Waals surface area contributed by atoms with Crippen molar-refractivity contribution in [2.24, 2.45) is 0 Å². The number of benzene rings is 1. The summed E-state index contributed by atoms with van der Waals surface area (Å²) in [6, 6.07) is 7.69. The average Bonchev–Trinajstić information content (AvgIpc) is 2.89. The average molecular weight is 335 g/mol. The maximum atomic E-state index is 14.2. The third kappa shape index (κ3) is 3.20. The summed E-state index contributed by atoms with van der Waals surface area (Å²) < 4.78 is 37.8. The first-order valence-corrected chi connectivity index (χ1v) is 9.74. The van der Waals surface area contributed by atoms with Gasteiger partial charge in [-0.15, -0.1) is 0 Å². The quantitative estimate of drug-likeness (QED) is 0.925. The fourth-order valence-electron chi connectivity index (χ4n) is 3.38. The first-order chi connectivity index (χ1) is 10.7. The maximum Gasteiger partial charge on any atom is 0.177 e. The van der Waals surface area contributed by atoms with Gasteiger partial charge in [0.25, 0.3) is 0 Å². The lowest BCUT2D eigenvalue weighted by Crippen LogP contribution is -2.15. The van der Waals surface area contributed by atoms with Gasteiger partial charge in [0.15, 0.2) is 9.84 Å². The lowest BCUT2D eigenvalue weighted by Gasteiger charge is -2.25. The van der Waals surface area contributed by atoms with Crippen molar-refractivity contribution in [3.8, 4) is 0 Å². The molecule has 2 aromatic rings. The fourth-order valence-corrected chi connectivity index (χ4v) is 4.32. The molecule has 1 N–H and O–H groups in total. The summed E-state index contributed by atoms with van der Waals surface area (Å²) >= 11 is 0. The van der Waals surface area contributed by atoms with E-state index in [1.807, 2.05) is 24.3 Å². The van der Waals surface area contributed by atoms with Gasteiger partial charge in [-0.05, 0) is 55.7 Å². The van der Waals surface area contributed by atoms with Crippen LogP contribution in [0.2, 0.25) is 0 Å². The van der Waals surface area contributed by atoms with Gasteiger partial charge >= 0.3 is 0 Å². The molecule has 0 saturated carbocycles. The zero-order valence-electron chi connectivity index (χ0n) is 13.7. The molecule has 1 aromatic carbocycles. The van der Waals surface area contributed by atoms with Gasteiger partial charge in [0.1, 0.15) is 5.67 Å². The Morgan fingerprint density at radius 2 is 2.04 bits per heavy atom. The molecule has 0 radical (unpaired) electrons. The van der Waals surface area contributed by atoms with Gasteiger partial charge in [0, 0.05) is 18.1 Å². The molecule has 0 amide bonds. The number of rotatable bonds is 3. The third-order valence-corrected chi connectivity index (χ3v) is 5.84. The lowest BCUT2D eigenvalue weighted by atomic mass is 9.82. The number of fused-ring (bicyclic) bond motifs is 1. The Kier molecular flexibility index (Phi) is 3.87. The fraction of sp³-hybridized carbons (Fsp3) is 0.444. The lowest BCUT2D eigenvalue weighted by molar-refractivity contribution is 0.221. The number of aromatic nitrogens is 1. The van der Waals surface area contributed by atoms with Crippen LogP contribution in [0.25, 0.3) is 0 Å². The number of hydrogen-bond acceptors (Lipinski definition) is 2. The molecule has 0 spiro atoms. The Labute approximate surface area is 136 Å². The molecule has 1 atom stereocenters. The van der Waals surface area contributed by atoms with Crippen molar-refractivity contribution < 1.29 is 12.8 Å². The van der Waals surface area contributed by atoms with Crippen LogP contribution in [0.4, 0.5) is 4.39 Å². The van der Waals surface area contributed by atoms with Crippen molar-refractivity contribution in [1.29, 1.82) is 0 Å². The second-order valence-corrected chi connectivity index (χ2v) is 8.90. The monoisotopic (exact) mass is 335 g/mol. The number of alkyl halides is 1. The highest BCUT2D eigenvalue weighted by atomic mass is 32.2. The Morgan fingerprint density at radius 3 is 2.70 bits per heavy atom. The van der Waals surface area contributed by atoms with Gasteiger partial charge in [-0.25, -0.2) is 12.8 Å². The first kappa shape index (κ1) is 16.2. The third-order valence-electron chi connectivity index (χ3n) is 4.68. The van der Waals surface area contributed by atoms with Gasteiger partial charge in [0.2, 0.25) is 0 Å². The standard InChI is InChI=1S/C18H22FNO2S/c1-18(2,19)14-6-4-5-12(9-14)13-7-8-15-16(10-13)20-11-17(15)23(3,21)22/h4-6,9,11,13,20H,7-8,10H2,1-3H3. The minimum absolute atomic E-state index is 0.288. The Balaban J connectivity index is 1.90. The molecule has 1 unspecified atom stereocenters. The predicted molar refractivity (Wildman–Crippen MR) is 89.2 cm³/mol. The molecule has 3 nitrogen and oxygen atoms in total. The van der Waals surface area contributed by atoms with E-state index in [9.17, 15) is 12.8 Å². The smallest absolute Gasteiger partial charge is 0.177 e. The summed E-state index contributed by atoms with van der Waals surface area (Å²) in [7, 11) is -3.19. The van der Waals surface area contributed by atoms with Crippen LogP contribution >= 0.6 is 0 Å². The van der Waals surface area contributed by atoms with Crippen LogP contribution in [0.15, 0.2) is 35.4 Å². The van der Waals surface area contributed by atoms with Crippen molar-refractivity contribution in [2.45, 2.75) is 49.6 Å². The van der Waals surface area contributed by atoms with E-state index in [1.165, 1.54) is 6.26 Å². The number of H-pyrrole nitrogens is 1. The molecule has 1 aliphatic rings. The van der Waals surface area contributed by atoms with Crippen molar-refractivity contribution >= 4 is 9.84 Å². The van der Waals surface area contributed by atoms with E-state index in [0.29, 0.717) is 10.5 Å². The highest BCUT2D eigenvalue weighted by Gasteiger charge is 2.27. The molecule has 0 saturated heterocycles. The van der Waals surface area contributed by atoms with Crippen molar-refractivity contribution in [3.63, 3.8) is 0 Å². The molecule has 0 bridgehead atoms. The number of hydrogen-bond donors (Lipinski definition) is 1. The van der Waals surface area contributed by atoms with Crippen molar-refractivity contribution in [3.05, 3.63) is 52.8 Å². The molecule has 23 heavy (non-hydrogen) atoms. The van der Waals surface area contributed by atoms with Crippen LogP contribution in [-0.2, 0) is 28.3 Å². The molecular formula is C18H22FNO2S. The number of nitrogens with one attached hydrogen (secondary N) is 1. The molecule has 1 aromatic heterocycles. The number of sulfone groups is 1. The van der Waals surface area contributed by atoms with Gasteiger partial charge < -0.3 is 4.98 Å². The Hall–Kier alpha value is -1.62. The van der Waals surface area contributed by atoms with Gasteiger partial charge in [-0.3, -0.25) is 0 Å². The van der Waals surface area contributed by atoms with Crippen molar-refractivity contribution in [1.82, 2.24) is 4.98 Å². The zero-order valence-corrected chi connectivity index (χ0v) is 14.5. The second-order valence-electron chi connectivity index (χ2n) is 6.92. The second kappa shape index (κ2) is 5.48. The SMILES string of the molecule is CC(C)(F)c1cccc(C2CCc3c(S(C)(=O)=O)c[nH]c3C2)c1. The maximum absolute atomic E-state index is 14.2.